The zero-order valence-corrected chi connectivity index (χ0v) is 11.1. The third-order valence-corrected chi connectivity index (χ3v) is 2.28. The fourth-order valence-electron chi connectivity index (χ4n) is 1.33. The Morgan fingerprint density at radius 3 is 2.78 bits per heavy atom. The maximum atomic E-state index is 11.7. The van der Waals surface area contributed by atoms with E-state index in [9.17, 15) is 9.59 Å². The van der Waals surface area contributed by atoms with E-state index in [1.165, 1.54) is 12.3 Å². The molecule has 0 bridgehead atoms. The zero-order valence-electron chi connectivity index (χ0n) is 10.4. The Hall–Kier alpha value is -1.62. The molecule has 0 saturated carbocycles. The Labute approximate surface area is 111 Å². The van der Waals surface area contributed by atoms with Gasteiger partial charge in [0.2, 0.25) is 5.91 Å². The smallest absolute Gasteiger partial charge is 0.251 e. The van der Waals surface area contributed by atoms with Gasteiger partial charge in [0.1, 0.15) is 5.15 Å². The molecule has 5 nitrogen and oxygen atoms in total. The molecular weight excluding hydrogens is 254 g/mol. The van der Waals surface area contributed by atoms with Crippen molar-refractivity contribution in [3.8, 4) is 0 Å². The van der Waals surface area contributed by atoms with Gasteiger partial charge in [0.05, 0.1) is 0 Å². The summed E-state index contributed by atoms with van der Waals surface area (Å²) in [6.45, 7) is 4.06. The molecule has 0 unspecified atom stereocenters. The number of amides is 2. The van der Waals surface area contributed by atoms with Crippen molar-refractivity contribution in [2.24, 2.45) is 0 Å². The Bertz CT molecular complexity index is 435. The summed E-state index contributed by atoms with van der Waals surface area (Å²) in [5.41, 5.74) is 0.430. The second kappa shape index (κ2) is 6.96. The summed E-state index contributed by atoms with van der Waals surface area (Å²) in [5, 5.41) is 5.65. The van der Waals surface area contributed by atoms with Crippen LogP contribution in [0.4, 0.5) is 0 Å². The van der Waals surface area contributed by atoms with Crippen LogP contribution in [-0.2, 0) is 4.79 Å². The fourth-order valence-corrected chi connectivity index (χ4v) is 1.50. The number of rotatable bonds is 5. The summed E-state index contributed by atoms with van der Waals surface area (Å²) < 4.78 is 0. The van der Waals surface area contributed by atoms with Crippen LogP contribution in [0.25, 0.3) is 0 Å². The van der Waals surface area contributed by atoms with Crippen LogP contribution in [0.15, 0.2) is 18.3 Å². The second-order valence-electron chi connectivity index (χ2n) is 4.10. The third-order valence-electron chi connectivity index (χ3n) is 2.08. The van der Waals surface area contributed by atoms with Gasteiger partial charge in [-0.05, 0) is 26.0 Å². The largest absolute Gasteiger partial charge is 0.354 e. The number of carbonyl (C=O) groups is 2. The van der Waals surface area contributed by atoms with Crippen molar-refractivity contribution in [2.75, 3.05) is 6.54 Å². The summed E-state index contributed by atoms with van der Waals surface area (Å²) in [6.07, 6.45) is 1.71. The molecule has 18 heavy (non-hydrogen) atoms. The normalized spacial score (nSPS) is 10.2. The van der Waals surface area contributed by atoms with Crippen molar-refractivity contribution in [3.63, 3.8) is 0 Å². The minimum absolute atomic E-state index is 0.0851. The van der Waals surface area contributed by atoms with Gasteiger partial charge < -0.3 is 10.6 Å². The van der Waals surface area contributed by atoms with E-state index >= 15 is 0 Å². The van der Waals surface area contributed by atoms with Crippen LogP contribution in [-0.4, -0.2) is 29.4 Å². The van der Waals surface area contributed by atoms with E-state index in [4.69, 9.17) is 11.6 Å². The summed E-state index contributed by atoms with van der Waals surface area (Å²) in [6, 6.07) is 3.15. The van der Waals surface area contributed by atoms with E-state index in [-0.39, 0.29) is 36.0 Å². The Balaban J connectivity index is 2.36. The van der Waals surface area contributed by atoms with Gasteiger partial charge in [0.15, 0.2) is 0 Å². The second-order valence-corrected chi connectivity index (χ2v) is 4.48. The highest BCUT2D eigenvalue weighted by Gasteiger charge is 2.07. The predicted octanol–water partition coefficient (Wildman–Crippen LogP) is 1.38. The molecule has 1 aromatic heterocycles. The van der Waals surface area contributed by atoms with Crippen LogP contribution < -0.4 is 10.6 Å². The van der Waals surface area contributed by atoms with Crippen LogP contribution in [0, 0.1) is 0 Å². The van der Waals surface area contributed by atoms with Gasteiger partial charge in [-0.25, -0.2) is 4.98 Å². The molecule has 0 radical (unpaired) electrons. The molecule has 2 N–H and O–H groups in total. The average Bonchev–Trinajstić information content (AvgIpc) is 2.27. The topological polar surface area (TPSA) is 71.1 Å². The molecule has 1 aromatic rings. The molecule has 0 fully saturated rings. The van der Waals surface area contributed by atoms with E-state index in [0.717, 1.165) is 0 Å². The van der Waals surface area contributed by atoms with Crippen molar-refractivity contribution in [2.45, 2.75) is 26.3 Å². The van der Waals surface area contributed by atoms with E-state index in [1.807, 2.05) is 13.8 Å². The lowest BCUT2D eigenvalue weighted by molar-refractivity contribution is -0.121. The van der Waals surface area contributed by atoms with Crippen LogP contribution in [0.5, 0.6) is 0 Å². The minimum atomic E-state index is -0.267. The average molecular weight is 270 g/mol. The van der Waals surface area contributed by atoms with E-state index in [1.54, 1.807) is 6.07 Å². The van der Waals surface area contributed by atoms with E-state index in [2.05, 4.69) is 15.6 Å². The summed E-state index contributed by atoms with van der Waals surface area (Å²) in [7, 11) is 0. The quantitative estimate of drug-likeness (QED) is 0.794. The molecule has 0 atom stereocenters. The number of halogens is 1. The molecule has 0 spiro atoms. The molecule has 0 saturated heterocycles. The van der Waals surface area contributed by atoms with Gasteiger partial charge >= 0.3 is 0 Å². The van der Waals surface area contributed by atoms with E-state index in [0.29, 0.717) is 5.56 Å². The predicted molar refractivity (Wildman–Crippen MR) is 69.5 cm³/mol. The van der Waals surface area contributed by atoms with Crippen molar-refractivity contribution in [1.82, 2.24) is 15.6 Å². The lowest BCUT2D eigenvalue weighted by Gasteiger charge is -2.09. The maximum absolute atomic E-state index is 11.7. The SMILES string of the molecule is CC(C)NC(=O)CCNC(=O)c1ccnc(Cl)c1. The molecule has 1 rings (SSSR count). The van der Waals surface area contributed by atoms with Crippen molar-refractivity contribution in [1.29, 1.82) is 0 Å². The Morgan fingerprint density at radius 1 is 1.44 bits per heavy atom. The maximum Gasteiger partial charge on any atom is 0.251 e. The van der Waals surface area contributed by atoms with Gasteiger partial charge in [-0.2, -0.15) is 0 Å². The highest BCUT2D eigenvalue weighted by Crippen LogP contribution is 2.06. The summed E-state index contributed by atoms with van der Waals surface area (Å²) >= 11 is 5.68. The van der Waals surface area contributed by atoms with Gasteiger partial charge in [-0.1, -0.05) is 11.6 Å². The first-order valence-corrected chi connectivity index (χ1v) is 6.06. The number of hydrogen-bond acceptors (Lipinski definition) is 3. The molecule has 0 aliphatic heterocycles. The van der Waals surface area contributed by atoms with Gasteiger partial charge in [-0.3, -0.25) is 9.59 Å². The third kappa shape index (κ3) is 5.14. The number of nitrogens with one attached hydrogen (secondary N) is 2. The molecule has 1 heterocycles. The first kappa shape index (κ1) is 14.4. The molecule has 98 valence electrons. The monoisotopic (exact) mass is 269 g/mol. The fraction of sp³-hybridized carbons (Fsp3) is 0.417. The first-order chi connectivity index (χ1) is 8.49. The lowest BCUT2D eigenvalue weighted by Crippen LogP contribution is -2.34. The highest BCUT2D eigenvalue weighted by molar-refractivity contribution is 6.29. The van der Waals surface area contributed by atoms with Crippen LogP contribution in [0.2, 0.25) is 5.15 Å². The molecular formula is C12H16ClN3O2. The number of aromatic nitrogens is 1. The number of hydrogen-bond donors (Lipinski definition) is 2. The number of carbonyl (C=O) groups excluding carboxylic acids is 2. The standard InChI is InChI=1S/C12H16ClN3O2/c1-8(2)16-11(17)4-6-15-12(18)9-3-5-14-10(13)7-9/h3,5,7-8H,4,6H2,1-2H3,(H,15,18)(H,16,17). The number of pyridine rings is 1. The molecule has 0 aromatic carbocycles. The molecule has 6 heteroatoms. The van der Waals surface area contributed by atoms with Crippen molar-refractivity contribution < 1.29 is 9.59 Å². The molecule has 0 aliphatic rings. The van der Waals surface area contributed by atoms with Crippen LogP contribution in [0.1, 0.15) is 30.6 Å². The molecule has 2 amide bonds. The number of nitrogens with zero attached hydrogens (tertiary/aromatic N) is 1. The van der Waals surface area contributed by atoms with Gasteiger partial charge in [0.25, 0.3) is 5.91 Å². The molecule has 0 aliphatic carbocycles. The zero-order chi connectivity index (χ0) is 13.5. The minimum Gasteiger partial charge on any atom is -0.354 e. The Kier molecular flexibility index (Phi) is 5.58. The highest BCUT2D eigenvalue weighted by atomic mass is 35.5. The Morgan fingerprint density at radius 2 is 2.17 bits per heavy atom. The van der Waals surface area contributed by atoms with E-state index < -0.39 is 0 Å². The van der Waals surface area contributed by atoms with Gasteiger partial charge in [-0.15, -0.1) is 0 Å². The van der Waals surface area contributed by atoms with Crippen molar-refractivity contribution >= 4 is 23.4 Å². The lowest BCUT2D eigenvalue weighted by atomic mass is 10.2. The summed E-state index contributed by atoms with van der Waals surface area (Å²) in [5.74, 6) is -0.352. The first-order valence-electron chi connectivity index (χ1n) is 5.68. The van der Waals surface area contributed by atoms with Crippen LogP contribution >= 0.6 is 11.6 Å². The summed E-state index contributed by atoms with van der Waals surface area (Å²) in [4.78, 5) is 26.8. The van der Waals surface area contributed by atoms with Crippen molar-refractivity contribution in [3.05, 3.63) is 29.0 Å². The van der Waals surface area contributed by atoms with Gasteiger partial charge in [0, 0.05) is 30.8 Å². The van der Waals surface area contributed by atoms with Crippen LogP contribution in [0.3, 0.4) is 0 Å².